The summed E-state index contributed by atoms with van der Waals surface area (Å²) in [6.45, 7) is 0.845. The molecule has 1 aromatic carbocycles. The molecule has 0 saturated heterocycles. The molecule has 0 amide bonds. The van der Waals surface area contributed by atoms with Crippen molar-refractivity contribution in [2.75, 3.05) is 17.6 Å². The second kappa shape index (κ2) is 4.46. The number of rotatable bonds is 1. The average Bonchev–Trinajstić information content (AvgIpc) is 2.46. The van der Waals surface area contributed by atoms with E-state index < -0.39 is 0 Å². The van der Waals surface area contributed by atoms with Crippen LogP contribution < -0.4 is 11.1 Å². The van der Waals surface area contributed by atoms with Crippen molar-refractivity contribution in [2.45, 2.75) is 0 Å². The highest BCUT2D eigenvalue weighted by Gasteiger charge is 2.11. The maximum absolute atomic E-state index is 9.20. The van der Waals surface area contributed by atoms with Crippen LogP contribution in [0.1, 0.15) is 11.1 Å². The van der Waals surface area contributed by atoms with Crippen LogP contribution >= 0.6 is 0 Å². The molecule has 3 N–H and O–H groups in total. The van der Waals surface area contributed by atoms with Gasteiger partial charge in [0.2, 0.25) is 0 Å². The molecular formula is C15H12N4. The Hall–Kier alpha value is -2.80. The lowest BCUT2D eigenvalue weighted by Crippen LogP contribution is -2.04. The van der Waals surface area contributed by atoms with Crippen LogP contribution in [0.2, 0.25) is 0 Å². The van der Waals surface area contributed by atoms with Crippen molar-refractivity contribution in [3.05, 3.63) is 47.7 Å². The van der Waals surface area contributed by atoms with Crippen molar-refractivity contribution >= 4 is 17.6 Å². The monoisotopic (exact) mass is 248 g/mol. The molecule has 0 radical (unpaired) electrons. The molecule has 4 nitrogen and oxygen atoms in total. The van der Waals surface area contributed by atoms with E-state index >= 15 is 0 Å². The number of benzene rings is 1. The lowest BCUT2D eigenvalue weighted by atomic mass is 9.98. The van der Waals surface area contributed by atoms with Crippen LogP contribution in [0, 0.1) is 11.3 Å². The van der Waals surface area contributed by atoms with Crippen molar-refractivity contribution in [1.29, 1.82) is 5.26 Å². The van der Waals surface area contributed by atoms with Gasteiger partial charge in [-0.2, -0.15) is 5.26 Å². The molecule has 0 bridgehead atoms. The van der Waals surface area contributed by atoms with Gasteiger partial charge in [-0.25, -0.2) is 4.98 Å². The molecule has 4 heteroatoms. The van der Waals surface area contributed by atoms with Crippen molar-refractivity contribution < 1.29 is 0 Å². The number of nitrogens with two attached hydrogens (primary N) is 1. The summed E-state index contributed by atoms with van der Waals surface area (Å²) >= 11 is 0. The minimum absolute atomic E-state index is 0.270. The van der Waals surface area contributed by atoms with Gasteiger partial charge in [0.05, 0.1) is 0 Å². The summed E-state index contributed by atoms with van der Waals surface area (Å²) in [5.41, 5.74) is 10.2. The average molecular weight is 248 g/mol. The van der Waals surface area contributed by atoms with Crippen molar-refractivity contribution in [3.63, 3.8) is 0 Å². The lowest BCUT2D eigenvalue weighted by molar-refractivity contribution is 1.30. The zero-order chi connectivity index (χ0) is 13.2. The van der Waals surface area contributed by atoms with Gasteiger partial charge >= 0.3 is 0 Å². The Morgan fingerprint density at radius 2 is 2.21 bits per heavy atom. The number of anilines is 2. The Balaban J connectivity index is 2.17. The van der Waals surface area contributed by atoms with Crippen molar-refractivity contribution in [3.8, 4) is 17.2 Å². The maximum atomic E-state index is 9.20. The number of nitriles is 1. The first-order chi connectivity index (χ1) is 9.29. The quantitative estimate of drug-likeness (QED) is 0.813. The standard InChI is InChI=1S/C15H12N4/c16-9-13-12(5-7-19-15(13)17)10-3-4-14-11(8-10)2-1-6-18-14/h1-5,7-8,18H,6H2,(H2,17,19). The van der Waals surface area contributed by atoms with E-state index in [0.717, 1.165) is 28.9 Å². The van der Waals surface area contributed by atoms with Gasteiger partial charge in [0.1, 0.15) is 17.5 Å². The zero-order valence-electron chi connectivity index (χ0n) is 10.2. The van der Waals surface area contributed by atoms with Gasteiger partial charge in [0.25, 0.3) is 0 Å². The number of pyridine rings is 1. The van der Waals surface area contributed by atoms with Gasteiger partial charge in [-0.3, -0.25) is 0 Å². The molecule has 1 aliphatic rings. The van der Waals surface area contributed by atoms with Crippen LogP contribution in [0.15, 0.2) is 36.5 Å². The molecule has 0 aliphatic carbocycles. The summed E-state index contributed by atoms with van der Waals surface area (Å²) in [5, 5.41) is 12.5. The number of hydrogen-bond acceptors (Lipinski definition) is 4. The molecule has 0 atom stereocenters. The predicted octanol–water partition coefficient (Wildman–Crippen LogP) is 2.64. The van der Waals surface area contributed by atoms with Crippen LogP contribution in [0.3, 0.4) is 0 Å². The fraction of sp³-hybridized carbons (Fsp3) is 0.0667. The summed E-state index contributed by atoms with van der Waals surface area (Å²) in [4.78, 5) is 3.95. The number of hydrogen-bond donors (Lipinski definition) is 2. The second-order valence-corrected chi connectivity index (χ2v) is 4.32. The third-order valence-corrected chi connectivity index (χ3v) is 3.16. The molecule has 1 aromatic heterocycles. The van der Waals surface area contributed by atoms with Gasteiger partial charge in [-0.1, -0.05) is 18.2 Å². The smallest absolute Gasteiger partial charge is 0.141 e. The van der Waals surface area contributed by atoms with E-state index in [1.807, 2.05) is 24.3 Å². The van der Waals surface area contributed by atoms with Crippen molar-refractivity contribution in [2.24, 2.45) is 0 Å². The van der Waals surface area contributed by atoms with E-state index in [0.29, 0.717) is 5.56 Å². The highest BCUT2D eigenvalue weighted by Crippen LogP contribution is 2.30. The lowest BCUT2D eigenvalue weighted by Gasteiger charge is -2.14. The Morgan fingerprint density at radius 3 is 3.05 bits per heavy atom. The molecule has 2 heterocycles. The highest BCUT2D eigenvalue weighted by atomic mass is 14.9. The molecule has 0 fully saturated rings. The Kier molecular flexibility index (Phi) is 2.66. The molecule has 0 saturated carbocycles. The number of fused-ring (bicyclic) bond motifs is 1. The fourth-order valence-electron chi connectivity index (χ4n) is 2.22. The van der Waals surface area contributed by atoms with Gasteiger partial charge < -0.3 is 11.1 Å². The molecule has 0 unspecified atom stereocenters. The SMILES string of the molecule is N#Cc1c(-c2ccc3c(c2)C=CCN3)ccnc1N. The van der Waals surface area contributed by atoms with Gasteiger partial charge in [0.15, 0.2) is 0 Å². The van der Waals surface area contributed by atoms with Gasteiger partial charge in [-0.15, -0.1) is 0 Å². The van der Waals surface area contributed by atoms with Crippen molar-refractivity contribution in [1.82, 2.24) is 4.98 Å². The maximum Gasteiger partial charge on any atom is 0.141 e. The van der Waals surface area contributed by atoms with Crippen LogP contribution in [0.5, 0.6) is 0 Å². The minimum Gasteiger partial charge on any atom is -0.383 e. The zero-order valence-corrected chi connectivity index (χ0v) is 10.2. The Morgan fingerprint density at radius 1 is 1.32 bits per heavy atom. The van der Waals surface area contributed by atoms with E-state index in [4.69, 9.17) is 5.73 Å². The normalized spacial score (nSPS) is 12.4. The van der Waals surface area contributed by atoms with E-state index in [1.165, 1.54) is 0 Å². The van der Waals surface area contributed by atoms with E-state index in [1.54, 1.807) is 6.20 Å². The van der Waals surface area contributed by atoms with Crippen LogP contribution in [-0.2, 0) is 0 Å². The highest BCUT2D eigenvalue weighted by molar-refractivity contribution is 5.80. The number of nitrogens with zero attached hydrogens (tertiary/aromatic N) is 2. The number of nitrogen functional groups attached to an aromatic ring is 1. The molecular weight excluding hydrogens is 236 g/mol. The second-order valence-electron chi connectivity index (χ2n) is 4.32. The largest absolute Gasteiger partial charge is 0.383 e. The Bertz CT molecular complexity index is 711. The summed E-state index contributed by atoms with van der Waals surface area (Å²) in [5.74, 6) is 0.270. The first-order valence-corrected chi connectivity index (χ1v) is 5.99. The summed E-state index contributed by atoms with van der Waals surface area (Å²) < 4.78 is 0. The summed E-state index contributed by atoms with van der Waals surface area (Å²) in [6.07, 6.45) is 5.77. The summed E-state index contributed by atoms with van der Waals surface area (Å²) in [6, 6.07) is 9.99. The van der Waals surface area contributed by atoms with E-state index in [2.05, 4.69) is 28.5 Å². The molecule has 1 aliphatic heterocycles. The first kappa shape index (κ1) is 11.3. The van der Waals surface area contributed by atoms with Gasteiger partial charge in [-0.05, 0) is 29.3 Å². The molecule has 19 heavy (non-hydrogen) atoms. The number of nitrogens with one attached hydrogen (secondary N) is 1. The molecule has 92 valence electrons. The minimum atomic E-state index is 0.270. The van der Waals surface area contributed by atoms with Crippen LogP contribution in [0.4, 0.5) is 11.5 Å². The van der Waals surface area contributed by atoms with Crippen LogP contribution in [-0.4, -0.2) is 11.5 Å². The molecule has 3 rings (SSSR count). The third kappa shape index (κ3) is 1.91. The molecule has 2 aromatic rings. The van der Waals surface area contributed by atoms with Gasteiger partial charge in [0, 0.05) is 24.0 Å². The molecule has 0 spiro atoms. The Labute approximate surface area is 111 Å². The fourth-order valence-corrected chi connectivity index (χ4v) is 2.22. The first-order valence-electron chi connectivity index (χ1n) is 5.99. The van der Waals surface area contributed by atoms with E-state index in [9.17, 15) is 5.26 Å². The number of aromatic nitrogens is 1. The predicted molar refractivity (Wildman–Crippen MR) is 76.3 cm³/mol. The topological polar surface area (TPSA) is 74.7 Å². The van der Waals surface area contributed by atoms with Crippen LogP contribution in [0.25, 0.3) is 17.2 Å². The third-order valence-electron chi connectivity index (χ3n) is 3.16. The summed E-state index contributed by atoms with van der Waals surface area (Å²) in [7, 11) is 0. The van der Waals surface area contributed by atoms with E-state index in [-0.39, 0.29) is 5.82 Å².